The molecule has 0 spiro atoms. The molecule has 1 unspecified atom stereocenters. The molecule has 0 bridgehead atoms. The average Bonchev–Trinajstić information content (AvgIpc) is 2.81. The van der Waals surface area contributed by atoms with Crippen molar-refractivity contribution in [3.8, 4) is 0 Å². The first-order valence-corrected chi connectivity index (χ1v) is 5.86. The maximum Gasteiger partial charge on any atom is 0.256 e. The van der Waals surface area contributed by atoms with Crippen molar-refractivity contribution in [3.63, 3.8) is 0 Å². The van der Waals surface area contributed by atoms with E-state index in [-0.39, 0.29) is 5.56 Å². The third-order valence-corrected chi connectivity index (χ3v) is 3.06. The lowest BCUT2D eigenvalue weighted by Gasteiger charge is -2.20. The number of hydrogen-bond acceptors (Lipinski definition) is 2. The summed E-state index contributed by atoms with van der Waals surface area (Å²) in [6, 6.07) is 2.98. The fourth-order valence-electron chi connectivity index (χ4n) is 2.07. The van der Waals surface area contributed by atoms with Crippen LogP contribution in [0.3, 0.4) is 0 Å². The molecule has 18 heavy (non-hydrogen) atoms. The molecule has 1 aliphatic heterocycles. The van der Waals surface area contributed by atoms with Gasteiger partial charge in [-0.3, -0.25) is 4.79 Å². The zero-order valence-corrected chi connectivity index (χ0v) is 10.2. The van der Waals surface area contributed by atoms with Crippen molar-refractivity contribution in [2.45, 2.75) is 6.42 Å². The predicted molar refractivity (Wildman–Crippen MR) is 62.2 cm³/mol. The molecule has 1 aliphatic rings. The monoisotopic (exact) mass is 255 g/mol. The molecule has 1 aromatic rings. The van der Waals surface area contributed by atoms with E-state index in [2.05, 4.69) is 0 Å². The summed E-state index contributed by atoms with van der Waals surface area (Å²) >= 11 is 0. The van der Waals surface area contributed by atoms with Gasteiger partial charge in [0.25, 0.3) is 5.91 Å². The van der Waals surface area contributed by atoms with Gasteiger partial charge in [0.15, 0.2) is 0 Å². The van der Waals surface area contributed by atoms with Gasteiger partial charge in [-0.15, -0.1) is 0 Å². The molecule has 1 saturated heterocycles. The normalized spacial score (nSPS) is 18.9. The van der Waals surface area contributed by atoms with E-state index in [1.807, 2.05) is 0 Å². The first-order chi connectivity index (χ1) is 8.58. The van der Waals surface area contributed by atoms with Gasteiger partial charge in [-0.1, -0.05) is 0 Å². The summed E-state index contributed by atoms with van der Waals surface area (Å²) in [6.07, 6.45) is 0.906. The Bertz CT molecular complexity index is 445. The highest BCUT2D eigenvalue weighted by molar-refractivity contribution is 5.94. The molecule has 5 heteroatoms. The topological polar surface area (TPSA) is 29.5 Å². The molecule has 1 amide bonds. The Kier molecular flexibility index (Phi) is 3.91. The Morgan fingerprint density at radius 1 is 1.50 bits per heavy atom. The second-order valence-corrected chi connectivity index (χ2v) is 4.54. The second-order valence-electron chi connectivity index (χ2n) is 4.54. The lowest BCUT2D eigenvalue weighted by Crippen LogP contribution is -2.32. The molecule has 0 radical (unpaired) electrons. The van der Waals surface area contributed by atoms with Crippen LogP contribution in [-0.4, -0.2) is 37.6 Å². The van der Waals surface area contributed by atoms with Crippen LogP contribution >= 0.6 is 0 Å². The quantitative estimate of drug-likeness (QED) is 0.827. The molecule has 1 fully saturated rings. The lowest BCUT2D eigenvalue weighted by atomic mass is 10.1. The van der Waals surface area contributed by atoms with Crippen LogP contribution < -0.4 is 0 Å². The first-order valence-electron chi connectivity index (χ1n) is 5.86. The number of carbonyl (C=O) groups excluding carboxylic acids is 1. The average molecular weight is 255 g/mol. The zero-order valence-electron chi connectivity index (χ0n) is 10.2. The Balaban J connectivity index is 2.05. The summed E-state index contributed by atoms with van der Waals surface area (Å²) in [5.41, 5.74) is -0.0992. The molecule has 0 aliphatic carbocycles. The Hall–Kier alpha value is -1.49. The molecule has 98 valence electrons. The number of amides is 1. The van der Waals surface area contributed by atoms with Gasteiger partial charge in [0.05, 0.1) is 12.2 Å². The van der Waals surface area contributed by atoms with Crippen LogP contribution in [-0.2, 0) is 4.74 Å². The van der Waals surface area contributed by atoms with E-state index < -0.39 is 17.5 Å². The van der Waals surface area contributed by atoms with Gasteiger partial charge < -0.3 is 9.64 Å². The molecule has 1 heterocycles. The van der Waals surface area contributed by atoms with E-state index in [4.69, 9.17) is 4.74 Å². The molecule has 0 saturated carbocycles. The minimum Gasteiger partial charge on any atom is -0.381 e. The number of benzene rings is 1. The summed E-state index contributed by atoms with van der Waals surface area (Å²) in [6.45, 7) is 1.86. The van der Waals surface area contributed by atoms with Crippen molar-refractivity contribution >= 4 is 5.91 Å². The largest absolute Gasteiger partial charge is 0.381 e. The van der Waals surface area contributed by atoms with Crippen LogP contribution in [0, 0.1) is 17.6 Å². The number of carbonyl (C=O) groups is 1. The smallest absolute Gasteiger partial charge is 0.256 e. The highest BCUT2D eigenvalue weighted by Crippen LogP contribution is 2.16. The van der Waals surface area contributed by atoms with Crippen LogP contribution in [0.15, 0.2) is 18.2 Å². The van der Waals surface area contributed by atoms with Crippen molar-refractivity contribution < 1.29 is 18.3 Å². The molecule has 3 nitrogen and oxygen atoms in total. The van der Waals surface area contributed by atoms with Crippen molar-refractivity contribution in [2.24, 2.45) is 5.92 Å². The van der Waals surface area contributed by atoms with Crippen LogP contribution in [0.4, 0.5) is 8.78 Å². The van der Waals surface area contributed by atoms with Crippen LogP contribution in [0.2, 0.25) is 0 Å². The van der Waals surface area contributed by atoms with Gasteiger partial charge in [-0.25, -0.2) is 8.78 Å². The minimum atomic E-state index is -0.825. The van der Waals surface area contributed by atoms with Gasteiger partial charge in [0, 0.05) is 32.2 Å². The number of rotatable bonds is 3. The second kappa shape index (κ2) is 5.44. The van der Waals surface area contributed by atoms with Gasteiger partial charge in [0.1, 0.15) is 11.6 Å². The maximum atomic E-state index is 13.5. The van der Waals surface area contributed by atoms with Gasteiger partial charge in [-0.2, -0.15) is 0 Å². The summed E-state index contributed by atoms with van der Waals surface area (Å²) in [7, 11) is 1.61. The Morgan fingerprint density at radius 2 is 2.28 bits per heavy atom. The van der Waals surface area contributed by atoms with Crippen LogP contribution in [0.25, 0.3) is 0 Å². The number of nitrogens with zero attached hydrogens (tertiary/aromatic N) is 1. The van der Waals surface area contributed by atoms with E-state index >= 15 is 0 Å². The van der Waals surface area contributed by atoms with Gasteiger partial charge in [-0.05, 0) is 18.6 Å². The van der Waals surface area contributed by atoms with E-state index in [1.54, 1.807) is 7.05 Å². The van der Waals surface area contributed by atoms with Crippen molar-refractivity contribution in [2.75, 3.05) is 26.8 Å². The molecular weight excluding hydrogens is 240 g/mol. The molecule has 2 rings (SSSR count). The maximum absolute atomic E-state index is 13.5. The number of hydrogen-bond donors (Lipinski definition) is 0. The summed E-state index contributed by atoms with van der Waals surface area (Å²) in [4.78, 5) is 13.4. The predicted octanol–water partition coefficient (Wildman–Crippen LogP) is 2.07. The van der Waals surface area contributed by atoms with Crippen molar-refractivity contribution in [1.82, 2.24) is 4.90 Å². The molecule has 1 aromatic carbocycles. The van der Waals surface area contributed by atoms with Gasteiger partial charge in [0.2, 0.25) is 0 Å². The summed E-state index contributed by atoms with van der Waals surface area (Å²) < 4.78 is 31.4. The molecule has 0 aromatic heterocycles. The third kappa shape index (κ3) is 2.85. The van der Waals surface area contributed by atoms with E-state index in [9.17, 15) is 13.6 Å². The van der Waals surface area contributed by atoms with Crippen molar-refractivity contribution in [1.29, 1.82) is 0 Å². The first kappa shape index (κ1) is 13.0. The van der Waals surface area contributed by atoms with Gasteiger partial charge >= 0.3 is 0 Å². The third-order valence-electron chi connectivity index (χ3n) is 3.06. The van der Waals surface area contributed by atoms with E-state index in [0.29, 0.717) is 25.7 Å². The Labute approximate surface area is 104 Å². The van der Waals surface area contributed by atoms with E-state index in [1.165, 1.54) is 11.0 Å². The fraction of sp³-hybridized carbons (Fsp3) is 0.462. The summed E-state index contributed by atoms with van der Waals surface area (Å²) in [5, 5.41) is 0. The minimum absolute atomic E-state index is 0.0992. The summed E-state index contributed by atoms with van der Waals surface area (Å²) in [5.74, 6) is -1.65. The lowest BCUT2D eigenvalue weighted by molar-refractivity contribution is 0.0761. The fourth-order valence-corrected chi connectivity index (χ4v) is 2.07. The zero-order chi connectivity index (χ0) is 13.1. The molecule has 1 atom stereocenters. The van der Waals surface area contributed by atoms with Crippen LogP contribution in [0.5, 0.6) is 0 Å². The molecular formula is C13H15F2NO2. The van der Waals surface area contributed by atoms with Crippen molar-refractivity contribution in [3.05, 3.63) is 35.4 Å². The highest BCUT2D eigenvalue weighted by Gasteiger charge is 2.22. The van der Waals surface area contributed by atoms with E-state index in [0.717, 1.165) is 18.6 Å². The number of halogens is 2. The van der Waals surface area contributed by atoms with Crippen LogP contribution in [0.1, 0.15) is 16.8 Å². The number of ether oxygens (including phenoxy) is 1. The SMILES string of the molecule is CN(CC1CCOC1)C(=O)c1ccc(F)cc1F. The standard InChI is InChI=1S/C13H15F2NO2/c1-16(7-9-4-5-18-8-9)13(17)11-3-2-10(14)6-12(11)15/h2-3,6,9H,4-5,7-8H2,1H3. The Morgan fingerprint density at radius 3 is 2.89 bits per heavy atom. The molecule has 0 N–H and O–H groups in total. The highest BCUT2D eigenvalue weighted by atomic mass is 19.1.